The molecule has 0 aliphatic rings. The molecule has 0 saturated heterocycles. The first-order valence-corrected chi connectivity index (χ1v) is 6.39. The number of carbonyl (C=O) groups excluding carboxylic acids is 1. The number of hydrogen-bond donors (Lipinski definition) is 3. The predicted octanol–water partition coefficient (Wildman–Crippen LogP) is 0.452. The van der Waals surface area contributed by atoms with Crippen molar-refractivity contribution in [2.45, 2.75) is 32.4 Å². The van der Waals surface area contributed by atoms with Crippen LogP contribution < -0.4 is 15.8 Å². The molecule has 0 aliphatic carbocycles. The van der Waals surface area contributed by atoms with E-state index in [1.165, 1.54) is 0 Å². The largest absolute Gasteiger partial charge is 0.491 e. The number of nitrogens with two attached hydrogens (primary N) is 1. The van der Waals surface area contributed by atoms with Crippen molar-refractivity contribution in [3.63, 3.8) is 0 Å². The highest BCUT2D eigenvalue weighted by Gasteiger charge is 2.06. The molecule has 0 fully saturated rings. The maximum atomic E-state index is 10.7. The number of amides is 1. The molecule has 1 rings (SSSR count). The van der Waals surface area contributed by atoms with E-state index in [-0.39, 0.29) is 18.9 Å². The van der Waals surface area contributed by atoms with Gasteiger partial charge < -0.3 is 20.9 Å². The molecule has 1 unspecified atom stereocenters. The Morgan fingerprint density at radius 1 is 1.37 bits per heavy atom. The van der Waals surface area contributed by atoms with Crippen molar-refractivity contribution in [3.05, 3.63) is 29.8 Å². The van der Waals surface area contributed by atoms with Crippen LogP contribution in [0.1, 0.15) is 19.4 Å². The average molecular weight is 265 g/mol. The number of primary amides is 1. The molecule has 19 heavy (non-hydrogen) atoms. The van der Waals surface area contributed by atoms with Gasteiger partial charge in [0.1, 0.15) is 18.5 Å². The highest BCUT2D eigenvalue weighted by atomic mass is 16.5. The number of hydrogen-bond acceptors (Lipinski definition) is 4. The average Bonchev–Trinajstić information content (AvgIpc) is 2.35. The summed E-state index contributed by atoms with van der Waals surface area (Å²) < 4.78 is 5.45. The number of carbonyl (C=O) groups is 1. The zero-order chi connectivity index (χ0) is 14.3. The van der Waals surface area contributed by atoms with Gasteiger partial charge in [-0.3, -0.25) is 4.79 Å². The fourth-order valence-electron chi connectivity index (χ4n) is 1.53. The molecule has 0 bridgehead atoms. The predicted molar refractivity (Wildman–Crippen MR) is 74.0 cm³/mol. The van der Waals surface area contributed by atoms with E-state index in [9.17, 15) is 9.90 Å². The maximum absolute atomic E-state index is 10.7. The smallest absolute Gasteiger partial charge is 0.221 e. The number of aliphatic hydroxyl groups excluding tert-OH is 1. The van der Waals surface area contributed by atoms with E-state index in [0.29, 0.717) is 18.3 Å². The quantitative estimate of drug-likeness (QED) is 0.637. The Morgan fingerprint density at radius 3 is 2.53 bits per heavy atom. The van der Waals surface area contributed by atoms with E-state index in [1.54, 1.807) is 24.3 Å². The van der Waals surface area contributed by atoms with E-state index in [2.05, 4.69) is 5.32 Å². The molecule has 0 spiro atoms. The van der Waals surface area contributed by atoms with Crippen molar-refractivity contribution < 1.29 is 14.6 Å². The third-order valence-electron chi connectivity index (χ3n) is 2.51. The first-order valence-electron chi connectivity index (χ1n) is 6.39. The molecule has 106 valence electrons. The minimum Gasteiger partial charge on any atom is -0.491 e. The molecular weight excluding hydrogens is 243 g/mol. The number of ether oxygens (including phenoxy) is 1. The molecule has 1 aromatic rings. The molecule has 1 aromatic carbocycles. The summed E-state index contributed by atoms with van der Waals surface area (Å²) in [5, 5.41) is 12.8. The lowest BCUT2D eigenvalue weighted by atomic mass is 9.82. The monoisotopic (exact) mass is 265 g/mol. The molecule has 0 radical (unpaired) electrons. The van der Waals surface area contributed by atoms with Crippen molar-refractivity contribution in [2.24, 2.45) is 5.73 Å². The van der Waals surface area contributed by atoms with E-state index < -0.39 is 6.10 Å². The Hall–Kier alpha value is -1.59. The van der Waals surface area contributed by atoms with Gasteiger partial charge in [0, 0.05) is 12.6 Å². The Morgan fingerprint density at radius 2 is 2.00 bits per heavy atom. The minimum absolute atomic E-state index is 0.223. The molecule has 0 aliphatic heterocycles. The normalized spacial score (nSPS) is 12.4. The summed E-state index contributed by atoms with van der Waals surface area (Å²) in [6, 6.07) is 7.45. The lowest BCUT2D eigenvalue weighted by Crippen LogP contribution is -2.35. The number of nitrogens with one attached hydrogen (secondary N) is 1. The van der Waals surface area contributed by atoms with E-state index in [4.69, 9.17) is 10.5 Å². The molecule has 5 heteroatoms. The van der Waals surface area contributed by atoms with Gasteiger partial charge in [0.15, 0.2) is 0 Å². The summed E-state index contributed by atoms with van der Waals surface area (Å²) in [5.74, 6) is 0.306. The van der Waals surface area contributed by atoms with Crippen LogP contribution in [0.4, 0.5) is 0 Å². The summed E-state index contributed by atoms with van der Waals surface area (Å²) in [5.41, 5.74) is 5.96. The van der Waals surface area contributed by atoms with Gasteiger partial charge in [0.2, 0.25) is 5.91 Å². The van der Waals surface area contributed by atoms with Gasteiger partial charge in [0.05, 0.1) is 6.42 Å². The summed E-state index contributed by atoms with van der Waals surface area (Å²) in [4.78, 5) is 10.7. The standard InChI is InChI=1S/C14H22N2O3/c1-10(2)16-8-12(17)9-19-13-5-3-11(4-6-13)7-14(15)18/h3-6,10,12,16-17H,7-9H2,1-2H3,(H2,15,18)/i10-1. The number of benzene rings is 1. The van der Waals surface area contributed by atoms with Crippen molar-refractivity contribution in [1.82, 2.24) is 5.32 Å². The van der Waals surface area contributed by atoms with E-state index in [1.807, 2.05) is 13.8 Å². The third kappa shape index (κ3) is 6.79. The maximum Gasteiger partial charge on any atom is 0.221 e. The Labute approximate surface area is 113 Å². The molecule has 5 nitrogen and oxygen atoms in total. The fourth-order valence-corrected chi connectivity index (χ4v) is 1.53. The zero-order valence-corrected chi connectivity index (χ0v) is 11.4. The van der Waals surface area contributed by atoms with Crippen LogP contribution in [0.2, 0.25) is 0 Å². The molecule has 0 heterocycles. The van der Waals surface area contributed by atoms with Gasteiger partial charge in [-0.05, 0) is 17.7 Å². The number of rotatable bonds is 8. The molecular formula is C14H22N2O3. The molecule has 1 amide bonds. The van der Waals surface area contributed by atoms with Crippen LogP contribution in [0, 0.1) is 0 Å². The second kappa shape index (κ2) is 7.76. The first kappa shape index (κ1) is 15.5. The van der Waals surface area contributed by atoms with Crippen LogP contribution in [-0.4, -0.2) is 36.3 Å². The third-order valence-corrected chi connectivity index (χ3v) is 2.51. The Kier molecular flexibility index (Phi) is 6.32. The number of aliphatic hydroxyl groups is 1. The second-order valence-corrected chi connectivity index (χ2v) is 4.81. The van der Waals surface area contributed by atoms with Crippen LogP contribution in [0.25, 0.3) is 0 Å². The summed E-state index contributed by atoms with van der Waals surface area (Å²) in [7, 11) is 0. The van der Waals surface area contributed by atoms with Crippen LogP contribution in [0.15, 0.2) is 24.3 Å². The lowest BCUT2D eigenvalue weighted by molar-refractivity contribution is -0.117. The van der Waals surface area contributed by atoms with Crippen LogP contribution in [-0.2, 0) is 11.2 Å². The van der Waals surface area contributed by atoms with E-state index >= 15 is 0 Å². The Bertz CT molecular complexity index is 390. The summed E-state index contributed by atoms with van der Waals surface area (Å²) in [6.07, 6.45) is -0.325. The SMILES string of the molecule is C[11CH](C)NCC(O)COc1ccc(CC(N)=O)cc1. The highest BCUT2D eigenvalue weighted by molar-refractivity contribution is 5.76. The molecule has 4 N–H and O–H groups in total. The van der Waals surface area contributed by atoms with Gasteiger partial charge >= 0.3 is 0 Å². The first-order chi connectivity index (χ1) is 8.97. The lowest BCUT2D eigenvalue weighted by Gasteiger charge is -2.15. The van der Waals surface area contributed by atoms with Crippen LogP contribution >= 0.6 is 0 Å². The van der Waals surface area contributed by atoms with Crippen molar-refractivity contribution in [3.8, 4) is 5.75 Å². The van der Waals surface area contributed by atoms with Crippen molar-refractivity contribution in [2.75, 3.05) is 13.2 Å². The van der Waals surface area contributed by atoms with E-state index in [0.717, 1.165) is 5.56 Å². The zero-order valence-electron chi connectivity index (χ0n) is 11.4. The summed E-state index contributed by atoms with van der Waals surface area (Å²) in [6.45, 7) is 4.77. The van der Waals surface area contributed by atoms with Gasteiger partial charge in [-0.25, -0.2) is 0 Å². The minimum atomic E-state index is -0.548. The summed E-state index contributed by atoms with van der Waals surface area (Å²) >= 11 is 0. The highest BCUT2D eigenvalue weighted by Crippen LogP contribution is 2.12. The second-order valence-electron chi connectivity index (χ2n) is 4.81. The van der Waals surface area contributed by atoms with Crippen LogP contribution in [0.5, 0.6) is 5.75 Å². The van der Waals surface area contributed by atoms with Gasteiger partial charge in [-0.2, -0.15) is 0 Å². The topological polar surface area (TPSA) is 84.6 Å². The molecule has 0 aromatic heterocycles. The van der Waals surface area contributed by atoms with Crippen LogP contribution in [0.3, 0.4) is 0 Å². The van der Waals surface area contributed by atoms with Crippen molar-refractivity contribution in [1.29, 1.82) is 0 Å². The Balaban J connectivity index is 2.35. The fraction of sp³-hybridized carbons (Fsp3) is 0.500. The molecule has 1 atom stereocenters. The van der Waals surface area contributed by atoms with Gasteiger partial charge in [-0.15, -0.1) is 0 Å². The van der Waals surface area contributed by atoms with Crippen molar-refractivity contribution >= 4 is 5.91 Å². The van der Waals surface area contributed by atoms with Gasteiger partial charge in [-0.1, -0.05) is 26.0 Å². The molecule has 0 saturated carbocycles. The van der Waals surface area contributed by atoms with Gasteiger partial charge in [0.25, 0.3) is 0 Å².